The van der Waals surface area contributed by atoms with Crippen molar-refractivity contribution < 1.29 is 0 Å². The van der Waals surface area contributed by atoms with E-state index in [0.717, 1.165) is 0 Å². The number of hydrogen-bond donors (Lipinski definition) is 0. The Morgan fingerprint density at radius 3 is 2.18 bits per heavy atom. The summed E-state index contributed by atoms with van der Waals surface area (Å²) in [5.74, 6) is 0.469. The highest BCUT2D eigenvalue weighted by molar-refractivity contribution is 6.11. The lowest BCUT2D eigenvalue weighted by molar-refractivity contribution is 0.584. The van der Waals surface area contributed by atoms with Crippen molar-refractivity contribution in [3.63, 3.8) is 0 Å². The molecule has 64 valence electrons. The predicted molar refractivity (Wildman–Crippen MR) is 53.2 cm³/mol. The summed E-state index contributed by atoms with van der Waals surface area (Å²) in [6.07, 6.45) is 9.06. The molecule has 0 amide bonds. The summed E-state index contributed by atoms with van der Waals surface area (Å²) in [6, 6.07) is 0. The van der Waals surface area contributed by atoms with Crippen LogP contribution in [0.2, 0.25) is 5.82 Å². The van der Waals surface area contributed by atoms with E-state index in [-0.39, 0.29) is 0 Å². The van der Waals surface area contributed by atoms with Crippen LogP contribution in [-0.4, -0.2) is 7.85 Å². The number of unbranched alkanes of at least 4 members (excludes halogenated alkanes) is 3. The van der Waals surface area contributed by atoms with E-state index >= 15 is 0 Å². The zero-order chi connectivity index (χ0) is 8.53. The zero-order valence-electron chi connectivity index (χ0n) is 8.10. The first kappa shape index (κ1) is 11.1. The van der Waals surface area contributed by atoms with E-state index in [1.54, 1.807) is 0 Å². The van der Waals surface area contributed by atoms with Crippen LogP contribution < -0.4 is 0 Å². The van der Waals surface area contributed by atoms with Crippen LogP contribution in [0.5, 0.6) is 0 Å². The molecule has 0 aromatic rings. The molecule has 1 atom stereocenters. The first-order chi connectivity index (χ1) is 5.31. The molecule has 0 heterocycles. The third-order valence-corrected chi connectivity index (χ3v) is 2.09. The Balaban J connectivity index is 2.97. The molecule has 11 heavy (non-hydrogen) atoms. The quantitative estimate of drug-likeness (QED) is 0.385. The van der Waals surface area contributed by atoms with Crippen molar-refractivity contribution in [3.05, 3.63) is 0 Å². The largest absolute Gasteiger partial charge is 0.0774 e. The molecule has 0 saturated heterocycles. The summed E-state index contributed by atoms with van der Waals surface area (Å²) >= 11 is 0. The van der Waals surface area contributed by atoms with Crippen molar-refractivity contribution in [2.45, 2.75) is 64.6 Å². The second-order valence-corrected chi connectivity index (χ2v) is 3.40. The first-order valence-corrected chi connectivity index (χ1v) is 5.06. The third-order valence-electron chi connectivity index (χ3n) is 2.09. The molecule has 0 aliphatic rings. The summed E-state index contributed by atoms with van der Waals surface area (Å²) in [7, 11) is 5.87. The number of rotatable bonds is 7. The Labute approximate surface area is 73.2 Å². The lowest BCUT2D eigenvalue weighted by Crippen LogP contribution is -1.91. The molecule has 0 bridgehead atoms. The highest BCUT2D eigenvalue weighted by atomic mass is 14.0. The monoisotopic (exact) mass is 152 g/mol. The van der Waals surface area contributed by atoms with Crippen molar-refractivity contribution in [2.75, 3.05) is 0 Å². The summed E-state index contributed by atoms with van der Waals surface area (Å²) in [6.45, 7) is 4.44. The van der Waals surface area contributed by atoms with Gasteiger partial charge in [-0.25, -0.2) is 0 Å². The second-order valence-electron chi connectivity index (χ2n) is 3.40. The van der Waals surface area contributed by atoms with Gasteiger partial charge in [0.05, 0.1) is 7.85 Å². The molecule has 0 N–H and O–H groups in total. The van der Waals surface area contributed by atoms with Crippen molar-refractivity contribution in [3.8, 4) is 0 Å². The smallest absolute Gasteiger partial charge is 0.0699 e. The van der Waals surface area contributed by atoms with Gasteiger partial charge in [0.25, 0.3) is 0 Å². The van der Waals surface area contributed by atoms with Gasteiger partial charge < -0.3 is 0 Å². The van der Waals surface area contributed by atoms with E-state index in [9.17, 15) is 0 Å². The topological polar surface area (TPSA) is 0 Å². The Morgan fingerprint density at radius 1 is 0.909 bits per heavy atom. The zero-order valence-corrected chi connectivity index (χ0v) is 8.10. The van der Waals surface area contributed by atoms with Crippen LogP contribution in [0.25, 0.3) is 0 Å². The molecule has 0 aromatic carbocycles. The third kappa shape index (κ3) is 7.97. The van der Waals surface area contributed by atoms with Crippen LogP contribution in [0, 0.1) is 0 Å². The fraction of sp³-hybridized carbons (Fsp3) is 1.00. The van der Waals surface area contributed by atoms with Gasteiger partial charge in [-0.15, -0.1) is 0 Å². The Hall–Kier alpha value is 0.0649. The van der Waals surface area contributed by atoms with Crippen LogP contribution in [0.1, 0.15) is 58.8 Å². The average Bonchev–Trinajstić information content (AvgIpc) is 1.99. The van der Waals surface area contributed by atoms with Crippen LogP contribution >= 0.6 is 0 Å². The van der Waals surface area contributed by atoms with Gasteiger partial charge in [-0.3, -0.25) is 0 Å². The van der Waals surface area contributed by atoms with Gasteiger partial charge in [0, 0.05) is 0 Å². The van der Waals surface area contributed by atoms with E-state index in [0.29, 0.717) is 5.82 Å². The molecule has 1 unspecified atom stereocenters. The maximum Gasteiger partial charge on any atom is 0.0699 e. The normalized spacial score (nSPS) is 13.3. The molecule has 0 rings (SSSR count). The lowest BCUT2D eigenvalue weighted by Gasteiger charge is -2.08. The maximum atomic E-state index is 5.87. The van der Waals surface area contributed by atoms with Crippen molar-refractivity contribution in [2.24, 2.45) is 0 Å². The van der Waals surface area contributed by atoms with Crippen molar-refractivity contribution >= 4 is 7.85 Å². The van der Waals surface area contributed by atoms with Crippen LogP contribution in [-0.2, 0) is 0 Å². The van der Waals surface area contributed by atoms with Gasteiger partial charge in [-0.1, -0.05) is 64.6 Å². The molecule has 0 aliphatic carbocycles. The molecule has 0 spiro atoms. The van der Waals surface area contributed by atoms with Gasteiger partial charge in [-0.05, 0) is 0 Å². The first-order valence-electron chi connectivity index (χ1n) is 5.06. The average molecular weight is 152 g/mol. The Morgan fingerprint density at radius 2 is 1.64 bits per heavy atom. The molecular weight excluding hydrogens is 131 g/mol. The number of hydrogen-bond acceptors (Lipinski definition) is 0. The van der Waals surface area contributed by atoms with E-state index in [1.165, 1.54) is 44.9 Å². The summed E-state index contributed by atoms with van der Waals surface area (Å²) in [5.41, 5.74) is 0. The van der Waals surface area contributed by atoms with Gasteiger partial charge in [0.1, 0.15) is 0 Å². The molecule has 0 fully saturated rings. The second kappa shape index (κ2) is 8.16. The van der Waals surface area contributed by atoms with Gasteiger partial charge in [0.15, 0.2) is 0 Å². The molecule has 0 nitrogen and oxygen atoms in total. The van der Waals surface area contributed by atoms with Crippen LogP contribution in [0.3, 0.4) is 0 Å². The minimum Gasteiger partial charge on any atom is -0.0774 e. The SMILES string of the molecule is [B]C(CCC)CCCCCC. The fourth-order valence-electron chi connectivity index (χ4n) is 1.35. The maximum absolute atomic E-state index is 5.87. The molecule has 0 saturated carbocycles. The molecule has 0 aliphatic heterocycles. The highest BCUT2D eigenvalue weighted by Gasteiger charge is 1.98. The van der Waals surface area contributed by atoms with Crippen molar-refractivity contribution in [1.82, 2.24) is 0 Å². The van der Waals surface area contributed by atoms with Gasteiger partial charge in [0.2, 0.25) is 0 Å². The van der Waals surface area contributed by atoms with Crippen LogP contribution in [0.15, 0.2) is 0 Å². The van der Waals surface area contributed by atoms with E-state index < -0.39 is 0 Å². The minimum atomic E-state index is 0.469. The lowest BCUT2D eigenvalue weighted by atomic mass is 9.80. The Kier molecular flexibility index (Phi) is 8.21. The minimum absolute atomic E-state index is 0.469. The fourth-order valence-corrected chi connectivity index (χ4v) is 1.35. The molecule has 0 aromatic heterocycles. The molecular formula is C10H21B. The predicted octanol–water partition coefficient (Wildman–Crippen LogP) is 3.71. The van der Waals surface area contributed by atoms with Crippen LogP contribution in [0.4, 0.5) is 0 Å². The Bertz CT molecular complexity index is 71.3. The molecule has 2 radical (unpaired) electrons. The molecule has 1 heteroatoms. The van der Waals surface area contributed by atoms with E-state index in [1.807, 2.05) is 0 Å². The van der Waals surface area contributed by atoms with Gasteiger partial charge in [-0.2, -0.15) is 0 Å². The van der Waals surface area contributed by atoms with Gasteiger partial charge >= 0.3 is 0 Å². The van der Waals surface area contributed by atoms with E-state index in [2.05, 4.69) is 13.8 Å². The van der Waals surface area contributed by atoms with Crippen molar-refractivity contribution in [1.29, 1.82) is 0 Å². The standard InChI is InChI=1S/C10H21B/c1-3-5-6-7-9-10(11)8-4-2/h10H,3-9H2,1-2H3. The highest BCUT2D eigenvalue weighted by Crippen LogP contribution is 2.17. The van der Waals surface area contributed by atoms with E-state index in [4.69, 9.17) is 7.85 Å². The summed E-state index contributed by atoms with van der Waals surface area (Å²) in [4.78, 5) is 0. The summed E-state index contributed by atoms with van der Waals surface area (Å²) < 4.78 is 0. The summed E-state index contributed by atoms with van der Waals surface area (Å²) in [5, 5.41) is 0.